The predicted octanol–water partition coefficient (Wildman–Crippen LogP) is 3.16. The van der Waals surface area contributed by atoms with Crippen LogP contribution in [0.5, 0.6) is 0 Å². The van der Waals surface area contributed by atoms with E-state index in [0.29, 0.717) is 17.5 Å². The van der Waals surface area contributed by atoms with Gasteiger partial charge in [-0.05, 0) is 44.5 Å². The number of alkyl halides is 3. The van der Waals surface area contributed by atoms with Gasteiger partial charge in [0, 0.05) is 7.05 Å². The number of nitrogens with zero attached hydrogens (tertiary/aromatic N) is 2. The summed E-state index contributed by atoms with van der Waals surface area (Å²) in [7, 11) is -2.51. The number of nitrogens with one attached hydrogen (secondary N) is 1. The molecule has 0 fully saturated rings. The summed E-state index contributed by atoms with van der Waals surface area (Å²) in [4.78, 5) is -0.438. The fourth-order valence-electron chi connectivity index (χ4n) is 2.18. The van der Waals surface area contributed by atoms with E-state index in [4.69, 9.17) is 0 Å². The average molecular weight is 347 g/mol. The van der Waals surface area contributed by atoms with Crippen molar-refractivity contribution in [3.63, 3.8) is 0 Å². The van der Waals surface area contributed by atoms with Gasteiger partial charge in [0.15, 0.2) is 0 Å². The molecule has 9 heteroatoms. The fourth-order valence-corrected chi connectivity index (χ4v) is 3.49. The Hall–Kier alpha value is -2.03. The Morgan fingerprint density at radius 2 is 1.74 bits per heavy atom. The van der Waals surface area contributed by atoms with Gasteiger partial charge in [0.2, 0.25) is 0 Å². The van der Waals surface area contributed by atoms with Crippen molar-refractivity contribution in [2.24, 2.45) is 7.05 Å². The van der Waals surface area contributed by atoms with Gasteiger partial charge in [-0.3, -0.25) is 9.40 Å². The molecule has 0 amide bonds. The normalized spacial score (nSPS) is 12.5. The molecule has 0 aliphatic carbocycles. The first kappa shape index (κ1) is 17.3. The van der Waals surface area contributed by atoms with Gasteiger partial charge in [0.1, 0.15) is 0 Å². The zero-order valence-electron chi connectivity index (χ0n) is 13.0. The summed E-state index contributed by atoms with van der Waals surface area (Å²) in [5.41, 5.74) is 0.479. The van der Waals surface area contributed by atoms with Gasteiger partial charge in [-0.2, -0.15) is 18.3 Å². The van der Waals surface area contributed by atoms with Crippen LogP contribution in [0.3, 0.4) is 0 Å². The molecule has 23 heavy (non-hydrogen) atoms. The smallest absolute Gasteiger partial charge is 0.276 e. The summed E-state index contributed by atoms with van der Waals surface area (Å²) in [6.07, 6.45) is -4.61. The van der Waals surface area contributed by atoms with Gasteiger partial charge in [0.05, 0.1) is 27.5 Å². The molecule has 0 unspecified atom stereocenters. The molecule has 0 radical (unpaired) electrons. The van der Waals surface area contributed by atoms with Crippen LogP contribution in [0.2, 0.25) is 0 Å². The van der Waals surface area contributed by atoms with Crippen molar-refractivity contribution in [2.45, 2.75) is 31.8 Å². The zero-order valence-corrected chi connectivity index (χ0v) is 13.8. The molecule has 0 saturated carbocycles. The number of anilines is 1. The van der Waals surface area contributed by atoms with Crippen molar-refractivity contribution in [1.82, 2.24) is 9.78 Å². The highest BCUT2D eigenvalue weighted by Crippen LogP contribution is 2.32. The van der Waals surface area contributed by atoms with E-state index in [9.17, 15) is 21.6 Å². The minimum Gasteiger partial charge on any atom is -0.276 e. The van der Waals surface area contributed by atoms with E-state index >= 15 is 0 Å². The van der Waals surface area contributed by atoms with E-state index in [1.54, 1.807) is 20.9 Å². The van der Waals surface area contributed by atoms with E-state index < -0.39 is 26.7 Å². The highest BCUT2D eigenvalue weighted by atomic mass is 32.2. The van der Waals surface area contributed by atoms with Gasteiger partial charge in [-0.25, -0.2) is 8.42 Å². The second-order valence-electron chi connectivity index (χ2n) is 5.31. The second-order valence-corrected chi connectivity index (χ2v) is 6.99. The molecule has 0 aliphatic heterocycles. The van der Waals surface area contributed by atoms with Crippen LogP contribution < -0.4 is 4.72 Å². The van der Waals surface area contributed by atoms with Gasteiger partial charge >= 0.3 is 6.18 Å². The lowest BCUT2D eigenvalue weighted by Gasteiger charge is -2.12. The maximum atomic E-state index is 12.9. The second kappa shape index (κ2) is 5.55. The molecular formula is C14H16F3N3O2S. The molecule has 5 nitrogen and oxygen atoms in total. The Morgan fingerprint density at radius 1 is 1.13 bits per heavy atom. The molecule has 0 saturated heterocycles. The molecule has 2 aromatic rings. The fraction of sp³-hybridized carbons (Fsp3) is 0.357. The van der Waals surface area contributed by atoms with Crippen molar-refractivity contribution < 1.29 is 21.6 Å². The monoisotopic (exact) mass is 347 g/mol. The van der Waals surface area contributed by atoms with Gasteiger partial charge in [-0.15, -0.1) is 0 Å². The zero-order chi connectivity index (χ0) is 17.6. The number of rotatable bonds is 3. The van der Waals surface area contributed by atoms with Crippen LogP contribution in [0.25, 0.3) is 0 Å². The third-order valence-electron chi connectivity index (χ3n) is 3.43. The maximum Gasteiger partial charge on any atom is 0.416 e. The molecule has 126 valence electrons. The minimum atomic E-state index is -4.61. The van der Waals surface area contributed by atoms with Crippen molar-refractivity contribution >= 4 is 15.7 Å². The summed E-state index contributed by atoms with van der Waals surface area (Å²) in [6, 6.07) is 2.72. The predicted molar refractivity (Wildman–Crippen MR) is 79.7 cm³/mol. The molecule has 0 atom stereocenters. The number of hydrogen-bond donors (Lipinski definition) is 1. The highest BCUT2D eigenvalue weighted by molar-refractivity contribution is 7.92. The quantitative estimate of drug-likeness (QED) is 0.928. The van der Waals surface area contributed by atoms with Crippen LogP contribution >= 0.6 is 0 Å². The number of hydrogen-bond acceptors (Lipinski definition) is 3. The lowest BCUT2D eigenvalue weighted by Crippen LogP contribution is -2.16. The summed E-state index contributed by atoms with van der Waals surface area (Å²) in [5.74, 6) is 0. The summed E-state index contributed by atoms with van der Waals surface area (Å²) in [6.45, 7) is 4.69. The number of halogens is 3. The van der Waals surface area contributed by atoms with Crippen LogP contribution in [-0.2, 0) is 23.2 Å². The van der Waals surface area contributed by atoms with E-state index in [2.05, 4.69) is 9.82 Å². The number of aromatic nitrogens is 2. The SMILES string of the molecule is Cc1cc(C(F)(F)F)cc(S(=O)(=O)Nc2c(C)nn(C)c2C)c1. The van der Waals surface area contributed by atoms with Crippen LogP contribution in [0.1, 0.15) is 22.5 Å². The van der Waals surface area contributed by atoms with E-state index in [1.807, 2.05) is 0 Å². The van der Waals surface area contributed by atoms with Crippen molar-refractivity contribution in [1.29, 1.82) is 0 Å². The van der Waals surface area contributed by atoms with Gasteiger partial charge < -0.3 is 0 Å². The Kier molecular flexibility index (Phi) is 4.18. The number of benzene rings is 1. The lowest BCUT2D eigenvalue weighted by atomic mass is 10.1. The third kappa shape index (κ3) is 3.49. The first-order valence-electron chi connectivity index (χ1n) is 6.64. The van der Waals surface area contributed by atoms with E-state index in [-0.39, 0.29) is 11.3 Å². The molecule has 1 aromatic heterocycles. The highest BCUT2D eigenvalue weighted by Gasteiger charge is 2.32. The number of sulfonamides is 1. The summed E-state index contributed by atoms with van der Waals surface area (Å²) in [5, 5.41) is 4.07. The van der Waals surface area contributed by atoms with Crippen LogP contribution in [0, 0.1) is 20.8 Å². The Bertz CT molecular complexity index is 855. The first-order chi connectivity index (χ1) is 10.4. The summed E-state index contributed by atoms with van der Waals surface area (Å²) >= 11 is 0. The largest absolute Gasteiger partial charge is 0.416 e. The van der Waals surface area contributed by atoms with Gasteiger partial charge in [-0.1, -0.05) is 0 Å². The minimum absolute atomic E-state index is 0.208. The number of aryl methyl sites for hydroxylation is 3. The molecule has 2 rings (SSSR count). The topological polar surface area (TPSA) is 64.0 Å². The third-order valence-corrected chi connectivity index (χ3v) is 4.76. The standard InChI is InChI=1S/C14H16F3N3O2S/c1-8-5-11(14(15,16)17)7-12(6-8)23(21,22)19-13-9(2)18-20(4)10(13)3/h5-7,19H,1-4H3. The van der Waals surface area contributed by atoms with Crippen molar-refractivity contribution in [2.75, 3.05) is 4.72 Å². The van der Waals surface area contributed by atoms with E-state index in [1.165, 1.54) is 17.7 Å². The van der Waals surface area contributed by atoms with E-state index in [0.717, 1.165) is 6.07 Å². The van der Waals surface area contributed by atoms with Gasteiger partial charge in [0.25, 0.3) is 10.0 Å². The van der Waals surface area contributed by atoms with Crippen LogP contribution in [0.4, 0.5) is 18.9 Å². The Balaban J connectivity index is 2.50. The molecule has 1 heterocycles. The lowest BCUT2D eigenvalue weighted by molar-refractivity contribution is -0.137. The van der Waals surface area contributed by atoms with Crippen molar-refractivity contribution in [3.8, 4) is 0 Å². The summed E-state index contributed by atoms with van der Waals surface area (Å²) < 4.78 is 67.3. The molecule has 1 aromatic carbocycles. The molecular weight excluding hydrogens is 331 g/mol. The Labute approximate surface area is 132 Å². The average Bonchev–Trinajstić information content (AvgIpc) is 2.63. The molecule has 0 bridgehead atoms. The molecule has 0 aliphatic rings. The maximum absolute atomic E-state index is 12.9. The van der Waals surface area contributed by atoms with Crippen LogP contribution in [-0.4, -0.2) is 18.2 Å². The molecule has 0 spiro atoms. The van der Waals surface area contributed by atoms with Crippen molar-refractivity contribution in [3.05, 3.63) is 40.7 Å². The molecule has 1 N–H and O–H groups in total. The van der Waals surface area contributed by atoms with Crippen LogP contribution in [0.15, 0.2) is 23.1 Å². The first-order valence-corrected chi connectivity index (χ1v) is 8.12. The Morgan fingerprint density at radius 3 is 2.22 bits per heavy atom.